The van der Waals surface area contributed by atoms with Gasteiger partial charge in [0.05, 0.1) is 25.4 Å². The van der Waals surface area contributed by atoms with Crippen molar-refractivity contribution in [3.63, 3.8) is 0 Å². The average Bonchev–Trinajstić information content (AvgIpc) is 3.21. The lowest BCUT2D eigenvalue weighted by Crippen LogP contribution is -2.64. The first-order chi connectivity index (χ1) is 16.7. The fraction of sp³-hybridized carbons (Fsp3) is 0.321. The Morgan fingerprint density at radius 1 is 1.00 bits per heavy atom. The third kappa shape index (κ3) is 4.44. The number of ether oxygens (including phenoxy) is 2. The van der Waals surface area contributed by atoms with Crippen LogP contribution in [0.4, 0.5) is 4.79 Å². The third-order valence-electron chi connectivity index (χ3n) is 6.96. The largest absolute Gasteiger partial charge is 0.449 e. The van der Waals surface area contributed by atoms with Crippen LogP contribution in [0.1, 0.15) is 22.6 Å². The van der Waals surface area contributed by atoms with Gasteiger partial charge in [0.1, 0.15) is 6.61 Å². The number of amides is 1. The summed E-state index contributed by atoms with van der Waals surface area (Å²) in [4.78, 5) is 14.9. The van der Waals surface area contributed by atoms with Crippen LogP contribution in [0, 0.1) is 0 Å². The predicted molar refractivity (Wildman–Crippen MR) is 131 cm³/mol. The summed E-state index contributed by atoms with van der Waals surface area (Å²) in [6.45, 7) is 2.69. The van der Waals surface area contributed by atoms with Gasteiger partial charge in [-0.15, -0.1) is 0 Å². The fourth-order valence-corrected chi connectivity index (χ4v) is 5.07. The molecule has 1 unspecified atom stereocenters. The van der Waals surface area contributed by atoms with E-state index in [0.717, 1.165) is 5.56 Å². The summed E-state index contributed by atoms with van der Waals surface area (Å²) in [6, 6.07) is 26.7. The van der Waals surface area contributed by atoms with Gasteiger partial charge in [-0.3, -0.25) is 4.90 Å². The molecule has 0 bridgehead atoms. The number of morpholine rings is 1. The molecule has 34 heavy (non-hydrogen) atoms. The Balaban J connectivity index is 1.23. The Bertz CT molecular complexity index is 1090. The smallest absolute Gasteiger partial charge is 0.407 e. The van der Waals surface area contributed by atoms with Gasteiger partial charge in [-0.05, 0) is 27.8 Å². The van der Waals surface area contributed by atoms with E-state index in [2.05, 4.69) is 46.6 Å². The second-order valence-electron chi connectivity index (χ2n) is 9.02. The summed E-state index contributed by atoms with van der Waals surface area (Å²) in [5.41, 5.74) is 5.21. The van der Waals surface area contributed by atoms with Crippen molar-refractivity contribution < 1.29 is 19.4 Å². The summed E-state index contributed by atoms with van der Waals surface area (Å²) >= 11 is 0. The number of nitrogens with zero attached hydrogens (tertiary/aromatic N) is 1. The van der Waals surface area contributed by atoms with Crippen LogP contribution in [-0.4, -0.2) is 61.2 Å². The number of hydrogen-bond acceptors (Lipinski definition) is 5. The number of hydrogen-bond donors (Lipinski definition) is 2. The molecular formula is C28H30N2O4. The van der Waals surface area contributed by atoms with Crippen LogP contribution in [0.5, 0.6) is 0 Å². The molecule has 0 aromatic heterocycles. The van der Waals surface area contributed by atoms with Gasteiger partial charge in [0.15, 0.2) is 0 Å². The van der Waals surface area contributed by atoms with E-state index in [9.17, 15) is 9.90 Å². The minimum absolute atomic E-state index is 0.0116. The Morgan fingerprint density at radius 3 is 2.32 bits per heavy atom. The Labute approximate surface area is 200 Å². The molecule has 3 aromatic rings. The van der Waals surface area contributed by atoms with Crippen LogP contribution in [0.2, 0.25) is 0 Å². The van der Waals surface area contributed by atoms with Gasteiger partial charge in [0, 0.05) is 25.6 Å². The molecule has 1 heterocycles. The van der Waals surface area contributed by atoms with Crippen LogP contribution in [0.15, 0.2) is 78.9 Å². The van der Waals surface area contributed by atoms with Gasteiger partial charge in [0.25, 0.3) is 0 Å². The standard InChI is InChI=1S/C28H30N2O4/c31-19-28(20-33-15-14-30(28)16-21-8-2-1-3-9-21)18-29-27(32)34-17-26-24-12-6-4-10-22(24)23-11-5-7-13-25(23)26/h1-13,26,31H,14-20H2,(H,29,32). The second kappa shape index (κ2) is 9.97. The van der Waals surface area contributed by atoms with Crippen molar-refractivity contribution in [2.24, 2.45) is 0 Å². The lowest BCUT2D eigenvalue weighted by atomic mass is 9.96. The molecule has 3 aromatic carbocycles. The summed E-state index contributed by atoms with van der Waals surface area (Å²) < 4.78 is 11.4. The monoisotopic (exact) mass is 458 g/mol. The van der Waals surface area contributed by atoms with Gasteiger partial charge < -0.3 is 19.9 Å². The molecule has 0 radical (unpaired) electrons. The molecule has 6 nitrogen and oxygen atoms in total. The average molecular weight is 459 g/mol. The van der Waals surface area contributed by atoms with Crippen LogP contribution in [0.3, 0.4) is 0 Å². The van der Waals surface area contributed by atoms with E-state index in [-0.39, 0.29) is 25.7 Å². The number of fused-ring (bicyclic) bond motifs is 3. The molecule has 1 saturated heterocycles. The topological polar surface area (TPSA) is 71.0 Å². The molecule has 0 saturated carbocycles. The van der Waals surface area contributed by atoms with E-state index in [0.29, 0.717) is 26.3 Å². The van der Waals surface area contributed by atoms with E-state index in [1.165, 1.54) is 22.3 Å². The van der Waals surface area contributed by atoms with Crippen LogP contribution in [0.25, 0.3) is 11.1 Å². The van der Waals surface area contributed by atoms with E-state index in [1.807, 2.05) is 42.5 Å². The molecule has 1 aliphatic carbocycles. The van der Waals surface area contributed by atoms with Gasteiger partial charge in [-0.1, -0.05) is 78.9 Å². The van der Waals surface area contributed by atoms with E-state index >= 15 is 0 Å². The highest BCUT2D eigenvalue weighted by atomic mass is 16.5. The molecule has 1 atom stereocenters. The van der Waals surface area contributed by atoms with Gasteiger partial charge >= 0.3 is 6.09 Å². The number of aliphatic hydroxyl groups is 1. The molecule has 2 N–H and O–H groups in total. The highest BCUT2D eigenvalue weighted by Gasteiger charge is 2.40. The molecule has 176 valence electrons. The third-order valence-corrected chi connectivity index (χ3v) is 6.96. The predicted octanol–water partition coefficient (Wildman–Crippen LogP) is 3.79. The van der Waals surface area contributed by atoms with E-state index in [1.54, 1.807) is 0 Å². The van der Waals surface area contributed by atoms with Gasteiger partial charge in [-0.2, -0.15) is 0 Å². The zero-order chi connectivity index (χ0) is 23.4. The summed E-state index contributed by atoms with van der Waals surface area (Å²) in [6.07, 6.45) is -0.486. The van der Waals surface area contributed by atoms with Crippen LogP contribution >= 0.6 is 0 Å². The molecule has 1 fully saturated rings. The molecule has 5 rings (SSSR count). The van der Waals surface area contributed by atoms with Crippen LogP contribution < -0.4 is 5.32 Å². The SMILES string of the molecule is O=C(NCC1(CO)COCCN1Cc1ccccc1)OCC1c2ccccc2-c2ccccc21. The number of carbonyl (C=O) groups is 1. The quantitative estimate of drug-likeness (QED) is 0.564. The fourth-order valence-electron chi connectivity index (χ4n) is 5.07. The highest BCUT2D eigenvalue weighted by Crippen LogP contribution is 2.44. The van der Waals surface area contributed by atoms with Gasteiger partial charge in [-0.25, -0.2) is 4.79 Å². The zero-order valence-corrected chi connectivity index (χ0v) is 19.2. The first kappa shape index (κ1) is 22.6. The van der Waals surface area contributed by atoms with Crippen molar-refractivity contribution in [2.75, 3.05) is 39.5 Å². The van der Waals surface area contributed by atoms with Crippen molar-refractivity contribution in [2.45, 2.75) is 18.0 Å². The Morgan fingerprint density at radius 2 is 1.65 bits per heavy atom. The lowest BCUT2D eigenvalue weighted by Gasteiger charge is -2.45. The Hall–Kier alpha value is -3.19. The van der Waals surface area contributed by atoms with Crippen molar-refractivity contribution in [3.8, 4) is 11.1 Å². The van der Waals surface area contributed by atoms with Crippen molar-refractivity contribution in [1.82, 2.24) is 10.2 Å². The molecule has 6 heteroatoms. The van der Waals surface area contributed by atoms with Crippen molar-refractivity contribution in [1.29, 1.82) is 0 Å². The maximum atomic E-state index is 12.7. The summed E-state index contributed by atoms with van der Waals surface area (Å²) in [7, 11) is 0. The molecule has 1 amide bonds. The first-order valence-corrected chi connectivity index (χ1v) is 11.8. The maximum absolute atomic E-state index is 12.7. The molecule has 1 aliphatic heterocycles. The minimum Gasteiger partial charge on any atom is -0.449 e. The number of rotatable bonds is 7. The summed E-state index contributed by atoms with van der Waals surface area (Å²) in [5.74, 6) is 0.0116. The van der Waals surface area contributed by atoms with Crippen molar-refractivity contribution in [3.05, 3.63) is 95.6 Å². The number of alkyl carbamates (subject to hydrolysis) is 1. The highest BCUT2D eigenvalue weighted by molar-refractivity contribution is 5.79. The number of benzene rings is 3. The zero-order valence-electron chi connectivity index (χ0n) is 19.2. The normalized spacial score (nSPS) is 19.9. The number of aliphatic hydroxyl groups excluding tert-OH is 1. The lowest BCUT2D eigenvalue weighted by molar-refractivity contribution is -0.0938. The minimum atomic E-state index is -0.695. The summed E-state index contributed by atoms with van der Waals surface area (Å²) in [5, 5.41) is 13.2. The van der Waals surface area contributed by atoms with E-state index < -0.39 is 11.6 Å². The van der Waals surface area contributed by atoms with Crippen molar-refractivity contribution >= 4 is 6.09 Å². The number of nitrogens with one attached hydrogen (secondary N) is 1. The van der Waals surface area contributed by atoms with Crippen LogP contribution in [-0.2, 0) is 16.0 Å². The molecule has 2 aliphatic rings. The van der Waals surface area contributed by atoms with Gasteiger partial charge in [0.2, 0.25) is 0 Å². The number of carbonyl (C=O) groups excluding carboxylic acids is 1. The second-order valence-corrected chi connectivity index (χ2v) is 9.02. The maximum Gasteiger partial charge on any atom is 0.407 e. The molecular weight excluding hydrogens is 428 g/mol. The Kier molecular flexibility index (Phi) is 6.63. The molecule has 0 spiro atoms. The first-order valence-electron chi connectivity index (χ1n) is 11.8. The van der Waals surface area contributed by atoms with E-state index in [4.69, 9.17) is 9.47 Å².